The van der Waals surface area contributed by atoms with Gasteiger partial charge in [0.2, 0.25) is 0 Å². The topological polar surface area (TPSA) is 79.0 Å². The molecule has 3 aromatic carbocycles. The average molecular weight is 606 g/mol. The number of benzene rings is 3. The van der Waals surface area contributed by atoms with Crippen molar-refractivity contribution in [2.24, 2.45) is 5.92 Å². The zero-order valence-corrected chi connectivity index (χ0v) is 23.9. The van der Waals surface area contributed by atoms with E-state index in [1.54, 1.807) is 4.90 Å². The number of sulfone groups is 1. The number of nitrogens with zero attached hydrogens (tertiary/aromatic N) is 2. The summed E-state index contributed by atoms with van der Waals surface area (Å²) in [6.07, 6.45) is 0.217. The first-order chi connectivity index (χ1) is 19.5. The number of rotatable bonds is 7. The van der Waals surface area contributed by atoms with Gasteiger partial charge in [0.15, 0.2) is 0 Å². The molecule has 0 spiro atoms. The number of carbonyl (C=O) groups is 1. The molecule has 0 bridgehead atoms. The molecule has 1 saturated heterocycles. The maximum absolute atomic E-state index is 13.4. The fourth-order valence-corrected chi connectivity index (χ4v) is 7.03. The standard InChI is InChI=1S/C29H30F3N3O4S2/c1-20(15-22-17-33-13-14-34(22)28(36)39-19-21-7-3-2-4-8-21)18-35-24-9-5-6-10-26(24)40-27-12-11-23(16-25(27)35)41(37,38)29(30,31)32/h2-12,16,20,22,33H,13-15,17-19H2,1H3. The minimum absolute atomic E-state index is 0.0174. The highest BCUT2D eigenvalue weighted by Gasteiger charge is 2.47. The molecule has 1 amide bonds. The summed E-state index contributed by atoms with van der Waals surface area (Å²) in [4.78, 5) is 17.4. The summed E-state index contributed by atoms with van der Waals surface area (Å²) in [7, 11) is -5.51. The zero-order chi connectivity index (χ0) is 29.2. The van der Waals surface area contributed by atoms with Crippen molar-refractivity contribution >= 4 is 39.1 Å². The van der Waals surface area contributed by atoms with Crippen LogP contribution in [-0.4, -0.2) is 57.1 Å². The van der Waals surface area contributed by atoms with Crippen molar-refractivity contribution in [2.45, 2.75) is 46.2 Å². The minimum atomic E-state index is -5.51. The fourth-order valence-electron chi connectivity index (χ4n) is 5.17. The maximum atomic E-state index is 13.4. The molecule has 0 aromatic heterocycles. The van der Waals surface area contributed by atoms with Crippen LogP contribution in [0.15, 0.2) is 87.5 Å². The molecule has 2 aliphatic heterocycles. The predicted octanol–water partition coefficient (Wildman–Crippen LogP) is 6.22. The summed E-state index contributed by atoms with van der Waals surface area (Å²) in [5, 5.41) is 3.33. The first-order valence-electron chi connectivity index (χ1n) is 13.2. The summed E-state index contributed by atoms with van der Waals surface area (Å²) in [6.45, 7) is 4.32. The lowest BCUT2D eigenvalue weighted by Gasteiger charge is -2.39. The molecule has 0 aliphatic carbocycles. The van der Waals surface area contributed by atoms with Crippen molar-refractivity contribution in [3.8, 4) is 0 Å². The Morgan fingerprint density at radius 2 is 1.76 bits per heavy atom. The highest BCUT2D eigenvalue weighted by molar-refractivity contribution is 7.99. The van der Waals surface area contributed by atoms with Gasteiger partial charge in [0, 0.05) is 42.0 Å². The monoisotopic (exact) mass is 605 g/mol. The number of fused-ring (bicyclic) bond motifs is 2. The van der Waals surface area contributed by atoms with E-state index in [2.05, 4.69) is 5.32 Å². The Balaban J connectivity index is 1.35. The second-order valence-corrected chi connectivity index (χ2v) is 13.2. The molecule has 1 N–H and O–H groups in total. The number of para-hydroxylation sites is 1. The van der Waals surface area contributed by atoms with Gasteiger partial charge in [-0.25, -0.2) is 13.2 Å². The number of halogens is 3. The van der Waals surface area contributed by atoms with Gasteiger partial charge in [0.05, 0.1) is 16.3 Å². The quantitative estimate of drug-likeness (QED) is 0.343. The van der Waals surface area contributed by atoms with Crippen molar-refractivity contribution in [3.05, 3.63) is 78.4 Å². The number of piperazine rings is 1. The van der Waals surface area contributed by atoms with E-state index >= 15 is 0 Å². The van der Waals surface area contributed by atoms with Gasteiger partial charge >= 0.3 is 11.6 Å². The van der Waals surface area contributed by atoms with Gasteiger partial charge in [-0.2, -0.15) is 13.2 Å². The largest absolute Gasteiger partial charge is 0.501 e. The van der Waals surface area contributed by atoms with Crippen LogP contribution in [0, 0.1) is 5.92 Å². The van der Waals surface area contributed by atoms with Gasteiger partial charge in [-0.15, -0.1) is 0 Å². The molecule has 2 unspecified atom stereocenters. The Labute approximate surface area is 241 Å². The Morgan fingerprint density at radius 1 is 1.05 bits per heavy atom. The lowest BCUT2D eigenvalue weighted by atomic mass is 9.98. The summed E-state index contributed by atoms with van der Waals surface area (Å²) in [5.41, 5.74) is -3.30. The van der Waals surface area contributed by atoms with Crippen LogP contribution in [0.3, 0.4) is 0 Å². The third-order valence-corrected chi connectivity index (χ3v) is 9.78. The van der Waals surface area contributed by atoms with Crippen molar-refractivity contribution < 1.29 is 31.1 Å². The Morgan fingerprint density at radius 3 is 2.51 bits per heavy atom. The van der Waals surface area contributed by atoms with Gasteiger partial charge < -0.3 is 19.9 Å². The van der Waals surface area contributed by atoms with Gasteiger partial charge in [-0.05, 0) is 48.2 Å². The van der Waals surface area contributed by atoms with Crippen LogP contribution in [0.25, 0.3) is 0 Å². The first-order valence-corrected chi connectivity index (χ1v) is 15.5. The third-order valence-electron chi connectivity index (χ3n) is 7.17. The van der Waals surface area contributed by atoms with Crippen molar-refractivity contribution in [2.75, 3.05) is 31.1 Å². The smallest absolute Gasteiger partial charge is 0.445 e. The predicted molar refractivity (Wildman–Crippen MR) is 151 cm³/mol. The highest BCUT2D eigenvalue weighted by atomic mass is 32.2. The van der Waals surface area contributed by atoms with Crippen LogP contribution in [0.4, 0.5) is 29.3 Å². The van der Waals surface area contributed by atoms with Gasteiger partial charge in [-0.1, -0.05) is 61.2 Å². The van der Waals surface area contributed by atoms with E-state index in [-0.39, 0.29) is 24.7 Å². The molecule has 2 atom stereocenters. The van der Waals surface area contributed by atoms with E-state index in [1.165, 1.54) is 17.8 Å². The molecule has 2 aliphatic rings. The summed E-state index contributed by atoms with van der Waals surface area (Å²) in [6, 6.07) is 20.4. The molecular formula is C29H30F3N3O4S2. The van der Waals surface area contributed by atoms with Gasteiger partial charge in [-0.3, -0.25) is 0 Å². The third kappa shape index (κ3) is 6.34. The number of nitrogens with one attached hydrogen (secondary N) is 1. The van der Waals surface area contributed by atoms with Crippen molar-refractivity contribution in [1.29, 1.82) is 0 Å². The number of ether oxygens (including phenoxy) is 1. The lowest BCUT2D eigenvalue weighted by molar-refractivity contribution is -0.0436. The van der Waals surface area contributed by atoms with E-state index in [9.17, 15) is 26.4 Å². The zero-order valence-electron chi connectivity index (χ0n) is 22.3. The Hall–Kier alpha value is -3.22. The molecule has 0 saturated carbocycles. The molecular weight excluding hydrogens is 575 g/mol. The second-order valence-electron chi connectivity index (χ2n) is 10.2. The summed E-state index contributed by atoms with van der Waals surface area (Å²) < 4.78 is 70.1. The van der Waals surface area contributed by atoms with E-state index < -0.39 is 20.2 Å². The van der Waals surface area contributed by atoms with Crippen LogP contribution in [0.1, 0.15) is 18.9 Å². The molecule has 1 fully saturated rings. The van der Waals surface area contributed by atoms with Gasteiger partial charge in [0.1, 0.15) is 6.61 Å². The number of hydrogen-bond donors (Lipinski definition) is 1. The average Bonchev–Trinajstić information content (AvgIpc) is 2.95. The highest BCUT2D eigenvalue weighted by Crippen LogP contribution is 2.49. The molecule has 41 heavy (non-hydrogen) atoms. The number of amides is 1. The van der Waals surface area contributed by atoms with Crippen molar-refractivity contribution in [1.82, 2.24) is 10.2 Å². The summed E-state index contributed by atoms with van der Waals surface area (Å²) in [5.74, 6) is -0.0174. The van der Waals surface area contributed by atoms with Crippen LogP contribution in [0.5, 0.6) is 0 Å². The number of anilines is 2. The van der Waals surface area contributed by atoms with E-state index in [0.717, 1.165) is 28.3 Å². The summed E-state index contributed by atoms with van der Waals surface area (Å²) >= 11 is 1.39. The first kappa shape index (κ1) is 29.3. The molecule has 7 nitrogen and oxygen atoms in total. The number of carbonyl (C=O) groups excluding carboxylic acids is 1. The molecule has 0 radical (unpaired) electrons. The van der Waals surface area contributed by atoms with Crippen molar-refractivity contribution in [3.63, 3.8) is 0 Å². The number of hydrogen-bond acceptors (Lipinski definition) is 7. The minimum Gasteiger partial charge on any atom is -0.445 e. The normalized spacial score (nSPS) is 17.9. The molecule has 218 valence electrons. The van der Waals surface area contributed by atoms with Crippen LogP contribution in [-0.2, 0) is 21.2 Å². The number of alkyl halides is 3. The SMILES string of the molecule is CC(CC1CNCCN1C(=O)OCc1ccccc1)CN1c2ccccc2Sc2ccc(S(=O)(=O)C(F)(F)F)cc21. The molecule has 12 heteroatoms. The van der Waals surface area contributed by atoms with E-state index in [4.69, 9.17) is 4.74 Å². The Kier molecular flexibility index (Phi) is 8.53. The van der Waals surface area contributed by atoms with E-state index in [1.807, 2.05) is 66.4 Å². The second kappa shape index (κ2) is 11.9. The van der Waals surface area contributed by atoms with Crippen LogP contribution >= 0.6 is 11.8 Å². The van der Waals surface area contributed by atoms with Gasteiger partial charge in [0.25, 0.3) is 9.84 Å². The maximum Gasteiger partial charge on any atom is 0.501 e. The lowest BCUT2D eigenvalue weighted by Crippen LogP contribution is -2.54. The molecule has 3 aromatic rings. The van der Waals surface area contributed by atoms with Crippen LogP contribution in [0.2, 0.25) is 0 Å². The molecule has 2 heterocycles. The Bertz CT molecular complexity index is 1500. The molecule has 5 rings (SSSR count). The van der Waals surface area contributed by atoms with Crippen LogP contribution < -0.4 is 10.2 Å². The fraction of sp³-hybridized carbons (Fsp3) is 0.345. The van der Waals surface area contributed by atoms with E-state index in [0.29, 0.717) is 43.2 Å².